The monoisotopic (exact) mass is 275 g/mol. The Hall–Kier alpha value is -1.28. The number of rotatable bonds is 6. The molecular weight excluding hydrogens is 254 g/mol. The maximum Gasteiger partial charge on any atom is 0.209 e. The number of nitrogens with two attached hydrogens (primary N) is 2. The number of aromatic nitrogens is 2. The Morgan fingerprint density at radius 2 is 2.06 bits per heavy atom. The fourth-order valence-electron chi connectivity index (χ4n) is 1.68. The van der Waals surface area contributed by atoms with Crippen LogP contribution in [0.4, 0.5) is 11.5 Å². The van der Waals surface area contributed by atoms with Crippen LogP contribution in [-0.4, -0.2) is 30.5 Å². The highest BCUT2D eigenvalue weighted by molar-refractivity contribution is 7.89. The van der Waals surface area contributed by atoms with Crippen molar-refractivity contribution in [1.82, 2.24) is 9.78 Å². The first-order valence-electron chi connectivity index (χ1n) is 5.79. The molecule has 0 aliphatic carbocycles. The van der Waals surface area contributed by atoms with Gasteiger partial charge >= 0.3 is 0 Å². The number of nitrogen functional groups attached to an aromatic ring is 1. The van der Waals surface area contributed by atoms with Crippen LogP contribution >= 0.6 is 0 Å². The third-order valence-electron chi connectivity index (χ3n) is 2.56. The summed E-state index contributed by atoms with van der Waals surface area (Å²) in [6.07, 6.45) is 0.431. The van der Waals surface area contributed by atoms with E-state index in [-0.39, 0.29) is 11.7 Å². The van der Waals surface area contributed by atoms with Crippen LogP contribution in [0.5, 0.6) is 0 Å². The Kier molecular flexibility index (Phi) is 4.58. The van der Waals surface area contributed by atoms with Crippen molar-refractivity contribution in [2.24, 2.45) is 12.2 Å². The Bertz CT molecular complexity index is 507. The molecule has 1 rings (SSSR count). The maximum atomic E-state index is 10.8. The van der Waals surface area contributed by atoms with Gasteiger partial charge in [0.05, 0.1) is 17.1 Å². The summed E-state index contributed by atoms with van der Waals surface area (Å²) in [5.74, 6) is 0.915. The van der Waals surface area contributed by atoms with Gasteiger partial charge in [-0.1, -0.05) is 13.8 Å². The van der Waals surface area contributed by atoms with E-state index >= 15 is 0 Å². The van der Waals surface area contributed by atoms with Crippen LogP contribution < -0.4 is 16.2 Å². The Morgan fingerprint density at radius 1 is 1.44 bits per heavy atom. The van der Waals surface area contributed by atoms with E-state index in [0.29, 0.717) is 24.5 Å². The number of hydrogen-bond acceptors (Lipinski definition) is 5. The zero-order chi connectivity index (χ0) is 13.9. The van der Waals surface area contributed by atoms with Crippen molar-refractivity contribution < 1.29 is 8.42 Å². The van der Waals surface area contributed by atoms with Crippen molar-refractivity contribution in [1.29, 1.82) is 0 Å². The molecule has 5 N–H and O–H groups in total. The molecule has 0 radical (unpaired) electrons. The molecule has 0 atom stereocenters. The molecule has 18 heavy (non-hydrogen) atoms. The Labute approximate surface area is 108 Å². The number of anilines is 2. The average Bonchev–Trinajstić information content (AvgIpc) is 2.49. The fourth-order valence-corrected chi connectivity index (χ4v) is 2.22. The number of sulfonamides is 1. The van der Waals surface area contributed by atoms with Gasteiger partial charge in [-0.25, -0.2) is 13.6 Å². The zero-order valence-electron chi connectivity index (χ0n) is 11.0. The van der Waals surface area contributed by atoms with E-state index in [1.807, 2.05) is 13.8 Å². The number of aryl methyl sites for hydroxylation is 1. The number of nitrogens with one attached hydrogen (secondary N) is 1. The molecule has 0 aliphatic heterocycles. The quantitative estimate of drug-likeness (QED) is 0.642. The summed E-state index contributed by atoms with van der Waals surface area (Å²) in [6, 6.07) is 0. The molecule has 0 amide bonds. The lowest BCUT2D eigenvalue weighted by Gasteiger charge is -2.07. The molecular formula is C10H21N5O2S. The van der Waals surface area contributed by atoms with E-state index in [2.05, 4.69) is 10.4 Å². The van der Waals surface area contributed by atoms with Gasteiger partial charge in [-0.15, -0.1) is 0 Å². The first-order chi connectivity index (χ1) is 8.22. The average molecular weight is 275 g/mol. The minimum absolute atomic E-state index is 0.0468. The third-order valence-corrected chi connectivity index (χ3v) is 3.42. The Balaban J connectivity index is 2.63. The lowest BCUT2D eigenvalue weighted by molar-refractivity contribution is 0.595. The summed E-state index contributed by atoms with van der Waals surface area (Å²) in [6.45, 7) is 4.52. The van der Waals surface area contributed by atoms with Crippen molar-refractivity contribution in [2.45, 2.75) is 26.2 Å². The summed E-state index contributed by atoms with van der Waals surface area (Å²) in [4.78, 5) is 0. The molecule has 1 heterocycles. The number of primary sulfonamides is 1. The molecule has 0 saturated heterocycles. The van der Waals surface area contributed by atoms with Gasteiger partial charge in [-0.2, -0.15) is 5.10 Å². The molecule has 1 aromatic rings. The standard InChI is InChI=1S/C10H21N5O2S/c1-7(2)9-8(11)10(15(3)14-9)13-5-4-6-18(12,16)17/h7,13H,4-6,11H2,1-3H3,(H2,12,16,17). The molecule has 8 heteroatoms. The van der Waals surface area contributed by atoms with Crippen LogP contribution in [0.25, 0.3) is 0 Å². The van der Waals surface area contributed by atoms with Gasteiger partial charge < -0.3 is 11.1 Å². The molecule has 0 aromatic carbocycles. The van der Waals surface area contributed by atoms with Crippen LogP contribution in [0.15, 0.2) is 0 Å². The van der Waals surface area contributed by atoms with Crippen LogP contribution in [0.2, 0.25) is 0 Å². The molecule has 0 fully saturated rings. The lowest BCUT2D eigenvalue weighted by atomic mass is 10.1. The van der Waals surface area contributed by atoms with Crippen LogP contribution in [0.3, 0.4) is 0 Å². The second-order valence-corrected chi connectivity index (χ2v) is 6.31. The zero-order valence-corrected chi connectivity index (χ0v) is 11.8. The summed E-state index contributed by atoms with van der Waals surface area (Å²) in [7, 11) is -1.60. The lowest BCUT2D eigenvalue weighted by Crippen LogP contribution is -2.19. The molecule has 1 aromatic heterocycles. The van der Waals surface area contributed by atoms with Gasteiger partial charge in [0.15, 0.2) is 0 Å². The SMILES string of the molecule is CC(C)c1nn(C)c(NCCCS(N)(=O)=O)c1N. The first-order valence-corrected chi connectivity index (χ1v) is 7.50. The van der Waals surface area contributed by atoms with E-state index < -0.39 is 10.0 Å². The van der Waals surface area contributed by atoms with Crippen molar-refractivity contribution in [3.05, 3.63) is 5.69 Å². The van der Waals surface area contributed by atoms with E-state index in [1.165, 1.54) is 0 Å². The second-order valence-electron chi connectivity index (χ2n) is 4.57. The highest BCUT2D eigenvalue weighted by Crippen LogP contribution is 2.27. The molecule has 0 spiro atoms. The Morgan fingerprint density at radius 3 is 2.50 bits per heavy atom. The molecule has 104 valence electrons. The predicted molar refractivity (Wildman–Crippen MR) is 72.8 cm³/mol. The maximum absolute atomic E-state index is 10.8. The van der Waals surface area contributed by atoms with Gasteiger partial charge in [-0.3, -0.25) is 4.68 Å². The first kappa shape index (κ1) is 14.8. The van der Waals surface area contributed by atoms with Crippen LogP contribution in [0, 0.1) is 0 Å². The summed E-state index contributed by atoms with van der Waals surface area (Å²) < 4.78 is 23.2. The molecule has 0 aliphatic rings. The highest BCUT2D eigenvalue weighted by Gasteiger charge is 2.15. The van der Waals surface area contributed by atoms with E-state index in [4.69, 9.17) is 10.9 Å². The molecule has 0 unspecified atom stereocenters. The third kappa shape index (κ3) is 3.88. The van der Waals surface area contributed by atoms with Gasteiger partial charge in [0.25, 0.3) is 0 Å². The van der Waals surface area contributed by atoms with Gasteiger partial charge in [0.2, 0.25) is 10.0 Å². The van der Waals surface area contributed by atoms with E-state index in [9.17, 15) is 8.42 Å². The summed E-state index contributed by atoms with van der Waals surface area (Å²) in [5.41, 5.74) is 7.44. The predicted octanol–water partition coefficient (Wildman–Crippen LogP) is 0.216. The van der Waals surface area contributed by atoms with Gasteiger partial charge in [0, 0.05) is 13.6 Å². The van der Waals surface area contributed by atoms with E-state index in [0.717, 1.165) is 5.69 Å². The van der Waals surface area contributed by atoms with Crippen molar-refractivity contribution in [2.75, 3.05) is 23.3 Å². The van der Waals surface area contributed by atoms with Crippen molar-refractivity contribution >= 4 is 21.5 Å². The summed E-state index contributed by atoms with van der Waals surface area (Å²) in [5, 5.41) is 12.3. The highest BCUT2D eigenvalue weighted by atomic mass is 32.2. The normalized spacial score (nSPS) is 12.1. The minimum atomic E-state index is -3.40. The van der Waals surface area contributed by atoms with Crippen molar-refractivity contribution in [3.8, 4) is 0 Å². The summed E-state index contributed by atoms with van der Waals surface area (Å²) >= 11 is 0. The smallest absolute Gasteiger partial charge is 0.209 e. The van der Waals surface area contributed by atoms with Crippen LogP contribution in [0.1, 0.15) is 31.9 Å². The molecule has 0 saturated carbocycles. The second kappa shape index (κ2) is 5.57. The van der Waals surface area contributed by atoms with Gasteiger partial charge in [-0.05, 0) is 12.3 Å². The topological polar surface area (TPSA) is 116 Å². The van der Waals surface area contributed by atoms with Crippen molar-refractivity contribution in [3.63, 3.8) is 0 Å². The minimum Gasteiger partial charge on any atom is -0.394 e. The number of nitrogens with zero attached hydrogens (tertiary/aromatic N) is 2. The van der Waals surface area contributed by atoms with Gasteiger partial charge in [0.1, 0.15) is 5.82 Å². The fraction of sp³-hybridized carbons (Fsp3) is 0.700. The molecule has 0 bridgehead atoms. The number of hydrogen-bond donors (Lipinski definition) is 3. The van der Waals surface area contributed by atoms with E-state index in [1.54, 1.807) is 11.7 Å². The largest absolute Gasteiger partial charge is 0.394 e. The molecule has 7 nitrogen and oxygen atoms in total. The van der Waals surface area contributed by atoms with Crippen LogP contribution in [-0.2, 0) is 17.1 Å².